The monoisotopic (exact) mass is 211 g/mol. The maximum Gasteiger partial charge on any atom is 0.107 e. The van der Waals surface area contributed by atoms with Crippen LogP contribution in [0.25, 0.3) is 0 Å². The third-order valence-electron chi connectivity index (χ3n) is 3.02. The van der Waals surface area contributed by atoms with E-state index in [0.29, 0.717) is 6.04 Å². The van der Waals surface area contributed by atoms with Crippen molar-refractivity contribution in [2.24, 2.45) is 0 Å². The molecule has 0 aromatic heterocycles. The highest BCUT2D eigenvalue weighted by Gasteiger charge is 2.17. The smallest absolute Gasteiger partial charge is 0.107 e. The molecule has 3 heteroatoms. The van der Waals surface area contributed by atoms with E-state index >= 15 is 0 Å². The molecule has 0 unspecified atom stereocenters. The lowest BCUT2D eigenvalue weighted by molar-refractivity contribution is 0.305. The first-order valence-electron chi connectivity index (χ1n) is 5.73. The molecule has 0 saturated carbocycles. The number of allylic oxidation sites excluding steroid dienone is 4. The van der Waals surface area contributed by atoms with Crippen molar-refractivity contribution in [3.8, 4) is 0 Å². The molecule has 2 radical (unpaired) electrons. The van der Waals surface area contributed by atoms with Crippen molar-refractivity contribution in [1.29, 1.82) is 0 Å². The summed E-state index contributed by atoms with van der Waals surface area (Å²) in [5.41, 5.74) is 2.51. The first kappa shape index (κ1) is 13.1. The first-order valence-corrected chi connectivity index (χ1v) is 5.73. The summed E-state index contributed by atoms with van der Waals surface area (Å²) in [5, 5.41) is 0. The second-order valence-electron chi connectivity index (χ2n) is 4.06. The van der Waals surface area contributed by atoms with Crippen LogP contribution < -0.4 is 0 Å². The van der Waals surface area contributed by atoms with Crippen LogP contribution in [0, 0.1) is 0 Å². The minimum absolute atomic E-state index is 0.411. The first-order chi connectivity index (χ1) is 7.70. The van der Waals surface area contributed by atoms with Gasteiger partial charge in [0.1, 0.15) is 7.17 Å². The molecule has 16 heavy (non-hydrogen) atoms. The molecule has 82 valence electrons. The summed E-state index contributed by atoms with van der Waals surface area (Å²) in [7, 11) is 6.53. The van der Waals surface area contributed by atoms with E-state index in [1.165, 1.54) is 11.0 Å². The van der Waals surface area contributed by atoms with Gasteiger partial charge in [-0.1, -0.05) is 49.3 Å². The van der Waals surface area contributed by atoms with Crippen molar-refractivity contribution < 1.29 is 0 Å². The largest absolute Gasteiger partial charge is 0.300 e. The van der Waals surface area contributed by atoms with E-state index in [4.69, 9.17) is 0 Å². The van der Waals surface area contributed by atoms with Crippen LogP contribution in [-0.4, -0.2) is 38.9 Å². The fraction of sp³-hybridized carbons (Fsp3) is 0.385. The number of rotatable bonds is 3. The molecule has 0 aromatic rings. The number of hydrogen-bond acceptors (Lipinski definition) is 1. The molecule has 0 spiro atoms. The Kier molecular flexibility index (Phi) is 5.40. The summed E-state index contributed by atoms with van der Waals surface area (Å²) in [6, 6.07) is 0.411. The summed E-state index contributed by atoms with van der Waals surface area (Å²) in [5.74, 6) is 0. The summed E-state index contributed by atoms with van der Waals surface area (Å²) in [4.78, 5) is 2.36. The van der Waals surface area contributed by atoms with E-state index in [9.17, 15) is 0 Å². The van der Waals surface area contributed by atoms with Gasteiger partial charge in [-0.3, -0.25) is 0 Å². The molecule has 1 nitrogen and oxygen atoms in total. The standard InChI is InChI=1S/C13H19B2N/c1-5-7-8-12-11(3)16(4)10-9-14-15-13(12)6-2/h5-8,11H,1-2,9-10H2,3-4H3/b8-7-,13-12-/t11-/m0/s1. The molecule has 0 fully saturated rings. The van der Waals surface area contributed by atoms with Gasteiger partial charge in [-0.25, -0.2) is 0 Å². The average molecular weight is 211 g/mol. The van der Waals surface area contributed by atoms with Gasteiger partial charge < -0.3 is 4.90 Å². The molecule has 0 amide bonds. The third kappa shape index (κ3) is 3.28. The Labute approximate surface area is 101 Å². The van der Waals surface area contributed by atoms with Crippen LogP contribution in [-0.2, 0) is 0 Å². The van der Waals surface area contributed by atoms with Crippen LogP contribution >= 0.6 is 0 Å². The molecule has 0 bridgehead atoms. The van der Waals surface area contributed by atoms with Crippen molar-refractivity contribution in [3.05, 3.63) is 48.5 Å². The van der Waals surface area contributed by atoms with Gasteiger partial charge in [0, 0.05) is 6.04 Å². The van der Waals surface area contributed by atoms with Gasteiger partial charge in [0.2, 0.25) is 0 Å². The predicted molar refractivity (Wildman–Crippen MR) is 75.0 cm³/mol. The van der Waals surface area contributed by atoms with Crippen LogP contribution in [0.2, 0.25) is 6.32 Å². The summed E-state index contributed by atoms with van der Waals surface area (Å²) in [6.45, 7) is 10.9. The quantitative estimate of drug-likeness (QED) is 0.511. The molecule has 0 N–H and O–H groups in total. The summed E-state index contributed by atoms with van der Waals surface area (Å²) in [6.07, 6.45) is 8.94. The lowest BCUT2D eigenvalue weighted by atomic mass is 9.34. The number of likely N-dealkylation sites (N-methyl/N-ethyl adjacent to an activating group) is 1. The van der Waals surface area contributed by atoms with Crippen LogP contribution in [0.15, 0.2) is 48.5 Å². The van der Waals surface area contributed by atoms with Gasteiger partial charge in [0.15, 0.2) is 0 Å². The molecule has 0 aromatic carbocycles. The van der Waals surface area contributed by atoms with Crippen LogP contribution in [0.3, 0.4) is 0 Å². The molecule has 1 aliphatic heterocycles. The van der Waals surface area contributed by atoms with Crippen molar-refractivity contribution in [2.75, 3.05) is 13.6 Å². The molecule has 1 rings (SSSR count). The van der Waals surface area contributed by atoms with E-state index in [2.05, 4.69) is 52.4 Å². The molecular formula is C13H19B2N. The Bertz CT molecular complexity index is 318. The highest BCUT2D eigenvalue weighted by Crippen LogP contribution is 2.18. The summed E-state index contributed by atoms with van der Waals surface area (Å²) < 4.78 is 0. The van der Waals surface area contributed by atoms with Crippen LogP contribution in [0.1, 0.15) is 6.92 Å². The zero-order chi connectivity index (χ0) is 12.0. The zero-order valence-corrected chi connectivity index (χ0v) is 10.3. The SMILES string of the molecule is C=C/C=C\C1=C(/C=C)[B][B]CCN(C)[C@H]1C. The molecule has 1 aliphatic rings. The van der Waals surface area contributed by atoms with Gasteiger partial charge in [0.25, 0.3) is 0 Å². The molecule has 1 heterocycles. The van der Waals surface area contributed by atoms with Gasteiger partial charge in [0.05, 0.1) is 7.17 Å². The fourth-order valence-corrected chi connectivity index (χ4v) is 1.85. The Hall–Kier alpha value is -0.950. The molecular weight excluding hydrogens is 192 g/mol. The maximum atomic E-state index is 3.89. The molecule has 0 aliphatic carbocycles. The van der Waals surface area contributed by atoms with Crippen LogP contribution in [0.5, 0.6) is 0 Å². The summed E-state index contributed by atoms with van der Waals surface area (Å²) >= 11 is 0. The van der Waals surface area contributed by atoms with E-state index in [0.717, 1.165) is 12.9 Å². The Morgan fingerprint density at radius 2 is 2.19 bits per heavy atom. The average Bonchev–Trinajstić information content (AvgIpc) is 2.29. The Balaban J connectivity index is 3.06. The minimum Gasteiger partial charge on any atom is -0.300 e. The fourth-order valence-electron chi connectivity index (χ4n) is 1.85. The van der Waals surface area contributed by atoms with E-state index in [-0.39, 0.29) is 0 Å². The van der Waals surface area contributed by atoms with Gasteiger partial charge in [-0.05, 0) is 26.1 Å². The predicted octanol–water partition coefficient (Wildman–Crippen LogP) is 2.24. The normalized spacial score (nSPS) is 27.8. The van der Waals surface area contributed by atoms with Crippen molar-refractivity contribution >= 4 is 14.3 Å². The molecule has 0 saturated heterocycles. The van der Waals surface area contributed by atoms with E-state index in [1.54, 1.807) is 0 Å². The molecule has 1 atom stereocenters. The van der Waals surface area contributed by atoms with Gasteiger partial charge >= 0.3 is 0 Å². The highest BCUT2D eigenvalue weighted by molar-refractivity contribution is 7.04. The van der Waals surface area contributed by atoms with Crippen LogP contribution in [0.4, 0.5) is 0 Å². The number of hydrogen-bond donors (Lipinski definition) is 0. The zero-order valence-electron chi connectivity index (χ0n) is 10.3. The van der Waals surface area contributed by atoms with Crippen molar-refractivity contribution in [3.63, 3.8) is 0 Å². The topological polar surface area (TPSA) is 3.24 Å². The highest BCUT2D eigenvalue weighted by atomic mass is 15.1. The van der Waals surface area contributed by atoms with Crippen molar-refractivity contribution in [1.82, 2.24) is 4.90 Å². The van der Waals surface area contributed by atoms with E-state index in [1.807, 2.05) is 18.2 Å². The maximum absolute atomic E-state index is 3.89. The second kappa shape index (κ2) is 6.59. The van der Waals surface area contributed by atoms with Gasteiger partial charge in [-0.15, -0.1) is 0 Å². The van der Waals surface area contributed by atoms with Crippen molar-refractivity contribution in [2.45, 2.75) is 19.3 Å². The minimum atomic E-state index is 0.411. The Morgan fingerprint density at radius 3 is 2.81 bits per heavy atom. The third-order valence-corrected chi connectivity index (χ3v) is 3.02. The second-order valence-corrected chi connectivity index (χ2v) is 4.06. The number of nitrogens with zero attached hydrogens (tertiary/aromatic N) is 1. The Morgan fingerprint density at radius 1 is 1.44 bits per heavy atom. The van der Waals surface area contributed by atoms with E-state index < -0.39 is 0 Å². The van der Waals surface area contributed by atoms with Gasteiger partial charge in [-0.2, -0.15) is 0 Å². The lowest BCUT2D eigenvalue weighted by Gasteiger charge is -2.29. The lowest BCUT2D eigenvalue weighted by Crippen LogP contribution is -2.35.